The second-order valence-electron chi connectivity index (χ2n) is 4.66. The van der Waals surface area contributed by atoms with Crippen molar-refractivity contribution in [2.45, 2.75) is 36.7 Å². The van der Waals surface area contributed by atoms with Gasteiger partial charge in [-0.05, 0) is 38.4 Å². The molecule has 2 N–H and O–H groups in total. The smallest absolute Gasteiger partial charge is 0.243 e. The van der Waals surface area contributed by atoms with Crippen molar-refractivity contribution in [1.29, 1.82) is 5.26 Å². The van der Waals surface area contributed by atoms with Gasteiger partial charge in [0, 0.05) is 18.3 Å². The summed E-state index contributed by atoms with van der Waals surface area (Å²) in [4.78, 5) is 3.73. The Morgan fingerprint density at radius 3 is 3.05 bits per heavy atom. The quantitative estimate of drug-likeness (QED) is 0.834. The fourth-order valence-corrected chi connectivity index (χ4v) is 3.60. The van der Waals surface area contributed by atoms with Crippen LogP contribution in [0.4, 0.5) is 0 Å². The molecule has 1 fully saturated rings. The Hall–Kier alpha value is -1.49. The molecule has 0 amide bonds. The molecule has 1 aromatic rings. The van der Waals surface area contributed by atoms with Gasteiger partial charge in [0.1, 0.15) is 11.0 Å². The highest BCUT2D eigenvalue weighted by Gasteiger charge is 2.26. The lowest BCUT2D eigenvalue weighted by Crippen LogP contribution is -2.46. The van der Waals surface area contributed by atoms with Gasteiger partial charge in [-0.2, -0.15) is 5.26 Å². The van der Waals surface area contributed by atoms with Gasteiger partial charge in [0.05, 0.1) is 0 Å². The lowest BCUT2D eigenvalue weighted by molar-refractivity contribution is 0.361. The minimum atomic E-state index is -3.69. The molecule has 102 valence electrons. The number of aromatic nitrogens is 1. The molecule has 0 radical (unpaired) electrons. The van der Waals surface area contributed by atoms with Crippen molar-refractivity contribution in [3.8, 4) is 6.07 Å². The van der Waals surface area contributed by atoms with Gasteiger partial charge in [-0.15, -0.1) is 0 Å². The van der Waals surface area contributed by atoms with Crippen LogP contribution in [-0.4, -0.2) is 32.0 Å². The molecule has 0 saturated carbocycles. The Labute approximate surface area is 112 Å². The molecular formula is C12H16N4O2S. The normalized spacial score (nSPS) is 23.8. The number of rotatable bonds is 3. The summed E-state index contributed by atoms with van der Waals surface area (Å²) in [6, 6.07) is 4.90. The number of pyridine rings is 1. The number of piperidine rings is 1. The van der Waals surface area contributed by atoms with E-state index < -0.39 is 10.0 Å². The van der Waals surface area contributed by atoms with Crippen molar-refractivity contribution < 1.29 is 8.42 Å². The van der Waals surface area contributed by atoms with Crippen molar-refractivity contribution >= 4 is 10.0 Å². The largest absolute Gasteiger partial charge is 0.314 e. The molecule has 2 heterocycles. The Morgan fingerprint density at radius 1 is 1.58 bits per heavy atom. The van der Waals surface area contributed by atoms with Crippen LogP contribution in [0.1, 0.15) is 25.5 Å². The van der Waals surface area contributed by atoms with Crippen molar-refractivity contribution in [2.75, 3.05) is 6.54 Å². The van der Waals surface area contributed by atoms with Gasteiger partial charge in [-0.1, -0.05) is 0 Å². The van der Waals surface area contributed by atoms with Gasteiger partial charge in [0.15, 0.2) is 5.69 Å². The van der Waals surface area contributed by atoms with Crippen LogP contribution in [0.25, 0.3) is 0 Å². The van der Waals surface area contributed by atoms with Crippen LogP contribution >= 0.6 is 0 Å². The average Bonchev–Trinajstić information content (AvgIpc) is 2.38. The molecule has 2 unspecified atom stereocenters. The topological polar surface area (TPSA) is 94.9 Å². The number of hydrogen-bond donors (Lipinski definition) is 2. The van der Waals surface area contributed by atoms with Gasteiger partial charge < -0.3 is 5.32 Å². The van der Waals surface area contributed by atoms with E-state index in [0.29, 0.717) is 0 Å². The van der Waals surface area contributed by atoms with E-state index in [1.54, 1.807) is 6.07 Å². The molecule has 0 bridgehead atoms. The predicted octanol–water partition coefficient (Wildman–Crippen LogP) is 0.372. The Bertz CT molecular complexity index is 594. The summed E-state index contributed by atoms with van der Waals surface area (Å²) in [7, 11) is -3.69. The summed E-state index contributed by atoms with van der Waals surface area (Å²) in [5.74, 6) is 0. The summed E-state index contributed by atoms with van der Waals surface area (Å²) in [6.07, 6.45) is 2.89. The first-order chi connectivity index (χ1) is 9.03. The molecule has 19 heavy (non-hydrogen) atoms. The molecule has 1 aliphatic rings. The van der Waals surface area contributed by atoms with Crippen LogP contribution in [-0.2, 0) is 10.0 Å². The molecule has 7 heteroatoms. The maximum atomic E-state index is 12.3. The minimum absolute atomic E-state index is 0.0521. The van der Waals surface area contributed by atoms with Gasteiger partial charge in [-0.3, -0.25) is 0 Å². The van der Waals surface area contributed by atoms with E-state index in [1.807, 2.05) is 6.92 Å². The standard InChI is InChI=1S/C12H16N4O2S/c1-9-7-10(4-6-14-9)16-19(17,18)12-3-2-5-15-11(12)8-13/h2-3,5,9-10,14,16H,4,6-7H2,1H3. The van der Waals surface area contributed by atoms with Crippen LogP contribution < -0.4 is 10.0 Å². The van der Waals surface area contributed by atoms with Gasteiger partial charge in [-0.25, -0.2) is 18.1 Å². The van der Waals surface area contributed by atoms with E-state index in [4.69, 9.17) is 5.26 Å². The maximum absolute atomic E-state index is 12.3. The summed E-state index contributed by atoms with van der Waals surface area (Å²) < 4.78 is 27.2. The molecule has 6 nitrogen and oxygen atoms in total. The molecular weight excluding hydrogens is 264 g/mol. The van der Waals surface area contributed by atoms with Crippen molar-refractivity contribution in [1.82, 2.24) is 15.0 Å². The minimum Gasteiger partial charge on any atom is -0.314 e. The van der Waals surface area contributed by atoms with E-state index in [9.17, 15) is 8.42 Å². The molecule has 0 spiro atoms. The van der Waals surface area contributed by atoms with Crippen LogP contribution in [0.2, 0.25) is 0 Å². The maximum Gasteiger partial charge on any atom is 0.243 e. The molecule has 0 aliphatic carbocycles. The van der Waals surface area contributed by atoms with Crippen LogP contribution in [0.5, 0.6) is 0 Å². The number of sulfonamides is 1. The van der Waals surface area contributed by atoms with Gasteiger partial charge in [0.25, 0.3) is 0 Å². The van der Waals surface area contributed by atoms with Crippen LogP contribution in [0.15, 0.2) is 23.2 Å². The average molecular weight is 280 g/mol. The number of nitrogens with one attached hydrogen (secondary N) is 2. The van der Waals surface area contributed by atoms with Crippen molar-refractivity contribution in [3.05, 3.63) is 24.0 Å². The van der Waals surface area contributed by atoms with Crippen molar-refractivity contribution in [3.63, 3.8) is 0 Å². The monoisotopic (exact) mass is 280 g/mol. The van der Waals surface area contributed by atoms with Crippen LogP contribution in [0.3, 0.4) is 0 Å². The molecule has 2 rings (SSSR count). The fourth-order valence-electron chi connectivity index (χ4n) is 2.21. The first-order valence-electron chi connectivity index (χ1n) is 6.14. The molecule has 2 atom stereocenters. The Morgan fingerprint density at radius 2 is 2.37 bits per heavy atom. The third-order valence-corrected chi connectivity index (χ3v) is 4.66. The first kappa shape index (κ1) is 13.9. The lowest BCUT2D eigenvalue weighted by atomic mass is 10.0. The highest BCUT2D eigenvalue weighted by molar-refractivity contribution is 7.89. The lowest BCUT2D eigenvalue weighted by Gasteiger charge is -2.28. The van der Waals surface area contributed by atoms with E-state index in [0.717, 1.165) is 19.4 Å². The van der Waals surface area contributed by atoms with E-state index in [2.05, 4.69) is 15.0 Å². The molecule has 1 aromatic heterocycles. The molecule has 1 saturated heterocycles. The summed E-state index contributed by atoms with van der Waals surface area (Å²) in [6.45, 7) is 2.80. The van der Waals surface area contributed by atoms with Gasteiger partial charge >= 0.3 is 0 Å². The second-order valence-corrected chi connectivity index (χ2v) is 6.34. The van der Waals surface area contributed by atoms with E-state index in [-0.39, 0.29) is 22.7 Å². The molecule has 1 aliphatic heterocycles. The van der Waals surface area contributed by atoms with Crippen LogP contribution in [0, 0.1) is 11.3 Å². The van der Waals surface area contributed by atoms with Gasteiger partial charge in [0.2, 0.25) is 10.0 Å². The summed E-state index contributed by atoms with van der Waals surface area (Å²) >= 11 is 0. The third kappa shape index (κ3) is 3.29. The highest BCUT2D eigenvalue weighted by atomic mass is 32.2. The predicted molar refractivity (Wildman–Crippen MR) is 69.8 cm³/mol. The Kier molecular flexibility index (Phi) is 4.14. The zero-order chi connectivity index (χ0) is 13.9. The van der Waals surface area contributed by atoms with Crippen molar-refractivity contribution in [2.24, 2.45) is 0 Å². The SMILES string of the molecule is CC1CC(NS(=O)(=O)c2cccnc2C#N)CCN1. The second kappa shape index (κ2) is 5.65. The highest BCUT2D eigenvalue weighted by Crippen LogP contribution is 2.16. The summed E-state index contributed by atoms with van der Waals surface area (Å²) in [5.41, 5.74) is -0.0722. The number of hydrogen-bond acceptors (Lipinski definition) is 5. The zero-order valence-corrected chi connectivity index (χ0v) is 11.4. The number of nitrogens with zero attached hydrogens (tertiary/aromatic N) is 2. The Balaban J connectivity index is 2.21. The first-order valence-corrected chi connectivity index (χ1v) is 7.62. The van der Waals surface area contributed by atoms with E-state index >= 15 is 0 Å². The third-order valence-electron chi connectivity index (χ3n) is 3.11. The number of nitriles is 1. The zero-order valence-electron chi connectivity index (χ0n) is 10.6. The molecule has 0 aromatic carbocycles. The summed E-state index contributed by atoms with van der Waals surface area (Å²) in [5, 5.41) is 12.2. The fraction of sp³-hybridized carbons (Fsp3) is 0.500. The van der Waals surface area contributed by atoms with E-state index in [1.165, 1.54) is 18.3 Å².